The second kappa shape index (κ2) is 8.71. The summed E-state index contributed by atoms with van der Waals surface area (Å²) in [5.41, 5.74) is -0.781. The van der Waals surface area contributed by atoms with Gasteiger partial charge in [0.05, 0.1) is 22.5 Å². The van der Waals surface area contributed by atoms with Crippen LogP contribution in [-0.4, -0.2) is 47.4 Å². The summed E-state index contributed by atoms with van der Waals surface area (Å²) >= 11 is 7.92. The summed E-state index contributed by atoms with van der Waals surface area (Å²) in [6, 6.07) is 0. The first kappa shape index (κ1) is 18.6. The molecule has 0 saturated carbocycles. The molecule has 1 N–H and O–H groups in total. The molecule has 19 heavy (non-hydrogen) atoms. The minimum Gasteiger partial charge on any atom is -0.464 e. The van der Waals surface area contributed by atoms with Crippen LogP contribution in [0.3, 0.4) is 0 Å². The van der Waals surface area contributed by atoms with E-state index in [4.69, 9.17) is 9.47 Å². The Morgan fingerprint density at radius 1 is 1.11 bits per heavy atom. The largest absolute Gasteiger partial charge is 0.464 e. The van der Waals surface area contributed by atoms with E-state index in [1.165, 1.54) is 0 Å². The lowest BCUT2D eigenvalue weighted by Crippen LogP contribution is -2.38. The molecule has 5 nitrogen and oxygen atoms in total. The van der Waals surface area contributed by atoms with Crippen molar-refractivity contribution in [2.45, 2.75) is 37.7 Å². The summed E-state index contributed by atoms with van der Waals surface area (Å²) in [4.78, 5) is 22.7. The minimum atomic E-state index is -0.781. The zero-order chi connectivity index (χ0) is 15.1. The maximum Gasteiger partial charge on any atom is 0.318 e. The van der Waals surface area contributed by atoms with Crippen LogP contribution in [0.5, 0.6) is 0 Å². The lowest BCUT2D eigenvalue weighted by Gasteiger charge is -2.29. The Morgan fingerprint density at radius 2 is 1.47 bits per heavy atom. The van der Waals surface area contributed by atoms with Crippen molar-refractivity contribution in [3.05, 3.63) is 0 Å². The molecule has 0 aliphatic heterocycles. The normalized spacial score (nSPS) is 17.2. The number of aliphatic hydroxyl groups is 1. The van der Waals surface area contributed by atoms with Gasteiger partial charge in [0.1, 0.15) is 13.2 Å². The van der Waals surface area contributed by atoms with Crippen molar-refractivity contribution in [3.63, 3.8) is 0 Å². The molecule has 0 aromatic rings. The quantitative estimate of drug-likeness (QED) is 0.462. The average Bonchev–Trinajstić information content (AvgIpc) is 2.38. The van der Waals surface area contributed by atoms with E-state index in [-0.39, 0.29) is 19.8 Å². The highest BCUT2D eigenvalue weighted by molar-refractivity contribution is 7.81. The first-order valence-corrected chi connectivity index (χ1v) is 7.11. The van der Waals surface area contributed by atoms with Gasteiger partial charge in [-0.05, 0) is 20.3 Å². The van der Waals surface area contributed by atoms with Crippen LogP contribution in [0, 0.1) is 5.41 Å². The summed E-state index contributed by atoms with van der Waals surface area (Å²) < 4.78 is 10.1. The SMILES string of the molecule is CCC(CO)(COC(=O)C(C)S)COC(=O)C(C)S. The molecule has 0 rings (SSSR count). The molecular weight excluding hydrogens is 288 g/mol. The van der Waals surface area contributed by atoms with E-state index in [0.29, 0.717) is 6.42 Å². The van der Waals surface area contributed by atoms with Crippen molar-refractivity contribution in [2.24, 2.45) is 5.41 Å². The number of esters is 2. The third-order valence-corrected chi connectivity index (χ3v) is 3.23. The van der Waals surface area contributed by atoms with Crippen molar-refractivity contribution in [1.29, 1.82) is 0 Å². The zero-order valence-corrected chi connectivity index (χ0v) is 13.2. The molecule has 7 heteroatoms. The lowest BCUT2D eigenvalue weighted by atomic mass is 9.88. The highest BCUT2D eigenvalue weighted by atomic mass is 32.1. The van der Waals surface area contributed by atoms with Crippen molar-refractivity contribution in [3.8, 4) is 0 Å². The second-order valence-electron chi connectivity index (χ2n) is 4.58. The fourth-order valence-corrected chi connectivity index (χ4v) is 1.29. The Kier molecular flexibility index (Phi) is 8.52. The molecule has 0 aromatic heterocycles. The molecule has 0 heterocycles. The molecule has 2 unspecified atom stereocenters. The molecule has 2 atom stereocenters. The monoisotopic (exact) mass is 310 g/mol. The fraction of sp³-hybridized carbons (Fsp3) is 0.833. The highest BCUT2D eigenvalue weighted by Gasteiger charge is 2.32. The maximum absolute atomic E-state index is 11.4. The Balaban J connectivity index is 4.49. The van der Waals surface area contributed by atoms with Gasteiger partial charge in [0, 0.05) is 0 Å². The molecule has 0 aliphatic carbocycles. The molecule has 0 saturated heterocycles. The molecule has 0 radical (unpaired) electrons. The van der Waals surface area contributed by atoms with Gasteiger partial charge in [0.15, 0.2) is 0 Å². The van der Waals surface area contributed by atoms with E-state index in [1.54, 1.807) is 13.8 Å². The Labute approximate surface area is 124 Å². The molecular formula is C12H22O5S2. The minimum absolute atomic E-state index is 0.0159. The number of hydrogen-bond acceptors (Lipinski definition) is 7. The van der Waals surface area contributed by atoms with Crippen LogP contribution in [0.2, 0.25) is 0 Å². The van der Waals surface area contributed by atoms with Crippen LogP contribution >= 0.6 is 25.3 Å². The number of thiol groups is 2. The molecule has 0 bridgehead atoms. The van der Waals surface area contributed by atoms with Crippen LogP contribution in [0.1, 0.15) is 27.2 Å². The van der Waals surface area contributed by atoms with Crippen molar-refractivity contribution < 1.29 is 24.2 Å². The topological polar surface area (TPSA) is 72.8 Å². The van der Waals surface area contributed by atoms with E-state index in [1.807, 2.05) is 6.92 Å². The predicted octanol–water partition coefficient (Wildman–Crippen LogP) is 1.10. The van der Waals surface area contributed by atoms with Crippen LogP contribution in [0.4, 0.5) is 0 Å². The molecule has 112 valence electrons. The van der Waals surface area contributed by atoms with Crippen LogP contribution in [0.15, 0.2) is 0 Å². The van der Waals surface area contributed by atoms with Gasteiger partial charge in [-0.3, -0.25) is 9.59 Å². The smallest absolute Gasteiger partial charge is 0.318 e. The number of aliphatic hydroxyl groups excluding tert-OH is 1. The summed E-state index contributed by atoms with van der Waals surface area (Å²) in [5, 5.41) is 8.39. The van der Waals surface area contributed by atoms with E-state index >= 15 is 0 Å². The van der Waals surface area contributed by atoms with E-state index in [2.05, 4.69) is 25.3 Å². The molecule has 0 aliphatic rings. The second-order valence-corrected chi connectivity index (χ2v) is 6.13. The Bertz CT molecular complexity index is 274. The van der Waals surface area contributed by atoms with E-state index < -0.39 is 27.9 Å². The van der Waals surface area contributed by atoms with Crippen molar-refractivity contribution >= 4 is 37.2 Å². The maximum atomic E-state index is 11.4. The van der Waals surface area contributed by atoms with Gasteiger partial charge in [-0.1, -0.05) is 6.92 Å². The number of carbonyl (C=O) groups excluding carboxylic acids is 2. The standard InChI is InChI=1S/C12H22O5S2/c1-4-12(5-13,6-16-10(14)8(2)18)7-17-11(15)9(3)19/h8-9,13,18-19H,4-7H2,1-3H3. The third-order valence-electron chi connectivity index (χ3n) is 2.81. The first-order valence-electron chi connectivity index (χ1n) is 6.08. The van der Waals surface area contributed by atoms with Gasteiger partial charge in [-0.15, -0.1) is 0 Å². The van der Waals surface area contributed by atoms with Crippen LogP contribution in [-0.2, 0) is 19.1 Å². The van der Waals surface area contributed by atoms with Gasteiger partial charge in [0.2, 0.25) is 0 Å². The number of carbonyl (C=O) groups is 2. The van der Waals surface area contributed by atoms with Crippen LogP contribution < -0.4 is 0 Å². The van der Waals surface area contributed by atoms with Gasteiger partial charge >= 0.3 is 11.9 Å². The van der Waals surface area contributed by atoms with Crippen molar-refractivity contribution in [2.75, 3.05) is 19.8 Å². The molecule has 0 aromatic carbocycles. The number of hydrogen-bond donors (Lipinski definition) is 3. The summed E-state index contributed by atoms with van der Waals surface area (Å²) in [6.45, 7) is 4.75. The van der Waals surface area contributed by atoms with E-state index in [9.17, 15) is 14.7 Å². The van der Waals surface area contributed by atoms with Gasteiger partial charge in [0.25, 0.3) is 0 Å². The van der Waals surface area contributed by atoms with Crippen LogP contribution in [0.25, 0.3) is 0 Å². The van der Waals surface area contributed by atoms with Gasteiger partial charge < -0.3 is 14.6 Å². The molecule has 0 fully saturated rings. The Hall–Kier alpha value is -0.400. The fourth-order valence-electron chi connectivity index (χ4n) is 1.14. The summed E-state index contributed by atoms with van der Waals surface area (Å²) in [7, 11) is 0. The van der Waals surface area contributed by atoms with Gasteiger partial charge in [-0.2, -0.15) is 25.3 Å². The molecule has 0 spiro atoms. The number of ether oxygens (including phenoxy) is 2. The first-order chi connectivity index (χ1) is 8.78. The van der Waals surface area contributed by atoms with Crippen molar-refractivity contribution in [1.82, 2.24) is 0 Å². The highest BCUT2D eigenvalue weighted by Crippen LogP contribution is 2.23. The average molecular weight is 310 g/mol. The number of rotatable bonds is 8. The molecule has 0 amide bonds. The Morgan fingerprint density at radius 3 is 1.68 bits per heavy atom. The third kappa shape index (κ3) is 6.54. The zero-order valence-electron chi connectivity index (χ0n) is 11.5. The predicted molar refractivity (Wildman–Crippen MR) is 78.6 cm³/mol. The summed E-state index contributed by atoms with van der Waals surface area (Å²) in [6.07, 6.45) is 0.506. The summed E-state index contributed by atoms with van der Waals surface area (Å²) in [5.74, 6) is -0.938. The van der Waals surface area contributed by atoms with E-state index in [0.717, 1.165) is 0 Å². The van der Waals surface area contributed by atoms with Gasteiger partial charge in [-0.25, -0.2) is 0 Å². The lowest BCUT2D eigenvalue weighted by molar-refractivity contribution is -0.155.